The van der Waals surface area contributed by atoms with Gasteiger partial charge < -0.3 is 21.5 Å². The zero-order valence-electron chi connectivity index (χ0n) is 14.0. The van der Waals surface area contributed by atoms with Crippen molar-refractivity contribution in [1.29, 1.82) is 0 Å². The number of aliphatic hydroxyl groups is 1. The molecular weight excluding hydrogens is 517 g/mol. The molecule has 0 aliphatic carbocycles. The number of hydrogen-bond donors (Lipinski definition) is 1. The maximum Gasteiger partial charge on any atom is 0.417 e. The van der Waals surface area contributed by atoms with Crippen LogP contribution in [-0.2, 0) is 27.5 Å². The molecule has 1 unspecified atom stereocenters. The van der Waals surface area contributed by atoms with Gasteiger partial charge >= 0.3 is 6.18 Å². The van der Waals surface area contributed by atoms with Crippen LogP contribution in [0.25, 0.3) is 0 Å². The third kappa shape index (κ3) is 7.38. The Morgan fingerprint density at radius 1 is 0.885 bits per heavy atom. The van der Waals surface area contributed by atoms with E-state index in [9.17, 15) is 13.2 Å². The van der Waals surface area contributed by atoms with Gasteiger partial charge in [-0.3, -0.25) is 0 Å². The topological polar surface area (TPSA) is 38.7 Å². The van der Waals surface area contributed by atoms with Crippen molar-refractivity contribution in [3.05, 3.63) is 66.6 Å². The first-order valence-electron chi connectivity index (χ1n) is 7.86. The van der Waals surface area contributed by atoms with Crippen LogP contribution >= 0.6 is 0 Å². The second kappa shape index (κ2) is 10.6. The van der Waals surface area contributed by atoms with E-state index in [1.807, 2.05) is 24.3 Å². The Bertz CT molecular complexity index is 643. The number of benzene rings is 2. The van der Waals surface area contributed by atoms with Gasteiger partial charge in [0, 0.05) is 21.1 Å². The molecule has 0 amide bonds. The van der Waals surface area contributed by atoms with Gasteiger partial charge in [0.05, 0.1) is 6.61 Å². The average molecular weight is 537 g/mol. The zero-order chi connectivity index (χ0) is 18.3. The normalized spacial score (nSPS) is 12.2. The second-order valence-electron chi connectivity index (χ2n) is 5.54. The Morgan fingerprint density at radius 3 is 1.77 bits per heavy atom. The van der Waals surface area contributed by atoms with Gasteiger partial charge in [-0.25, -0.2) is 0 Å². The molecule has 1 atom stereocenters. The first-order valence-corrected chi connectivity index (χ1v) is 7.86. The SMILES string of the molecule is [CH2-]CCOc1ccc(Cc2ccc(OCC(O)C(F)(F)F)cc2)cc1.[W]. The van der Waals surface area contributed by atoms with Crippen LogP contribution in [0.2, 0.25) is 0 Å². The molecule has 0 bridgehead atoms. The molecule has 0 spiro atoms. The van der Waals surface area contributed by atoms with Gasteiger partial charge in [0.25, 0.3) is 0 Å². The van der Waals surface area contributed by atoms with Gasteiger partial charge in [-0.2, -0.15) is 13.2 Å². The molecule has 1 N–H and O–H groups in total. The minimum Gasteiger partial charge on any atom is -0.496 e. The monoisotopic (exact) mass is 537 g/mol. The number of alkyl halides is 3. The first kappa shape index (κ1) is 22.5. The van der Waals surface area contributed by atoms with E-state index >= 15 is 0 Å². The molecule has 26 heavy (non-hydrogen) atoms. The number of halogens is 3. The van der Waals surface area contributed by atoms with Crippen molar-refractivity contribution in [3.63, 3.8) is 0 Å². The predicted octanol–water partition coefficient (Wildman–Crippen LogP) is 4.18. The molecule has 0 heterocycles. The largest absolute Gasteiger partial charge is 0.496 e. The molecule has 2 aromatic carbocycles. The summed E-state index contributed by atoms with van der Waals surface area (Å²) < 4.78 is 47.1. The number of aliphatic hydroxyl groups excluding tert-OH is 1. The Labute approximate surface area is 165 Å². The Morgan fingerprint density at radius 2 is 1.35 bits per heavy atom. The van der Waals surface area contributed by atoms with E-state index in [-0.39, 0.29) is 26.8 Å². The van der Waals surface area contributed by atoms with Crippen molar-refractivity contribution < 1.29 is 48.8 Å². The summed E-state index contributed by atoms with van der Waals surface area (Å²) in [5.41, 5.74) is 2.08. The smallest absolute Gasteiger partial charge is 0.417 e. The molecule has 3 nitrogen and oxygen atoms in total. The van der Waals surface area contributed by atoms with E-state index in [4.69, 9.17) is 14.6 Å². The van der Waals surface area contributed by atoms with E-state index in [0.29, 0.717) is 19.4 Å². The van der Waals surface area contributed by atoms with Crippen molar-refractivity contribution in [2.45, 2.75) is 25.1 Å². The molecule has 0 aromatic heterocycles. The maximum atomic E-state index is 12.2. The summed E-state index contributed by atoms with van der Waals surface area (Å²) in [6, 6.07) is 14.4. The van der Waals surface area contributed by atoms with Gasteiger partial charge in [-0.05, 0) is 41.8 Å². The van der Waals surface area contributed by atoms with Crippen molar-refractivity contribution in [2.75, 3.05) is 13.2 Å². The first-order chi connectivity index (χ1) is 11.9. The summed E-state index contributed by atoms with van der Waals surface area (Å²) in [7, 11) is 0. The summed E-state index contributed by atoms with van der Waals surface area (Å²) in [4.78, 5) is 0. The van der Waals surface area contributed by atoms with Crippen molar-refractivity contribution in [3.8, 4) is 11.5 Å². The molecule has 7 heteroatoms. The van der Waals surface area contributed by atoms with Gasteiger partial charge in [0.2, 0.25) is 0 Å². The summed E-state index contributed by atoms with van der Waals surface area (Å²) in [6.45, 7) is 3.46. The summed E-state index contributed by atoms with van der Waals surface area (Å²) >= 11 is 0. The third-order valence-electron chi connectivity index (χ3n) is 3.45. The fourth-order valence-corrected chi connectivity index (χ4v) is 2.10. The molecule has 0 fully saturated rings. The Kier molecular flexibility index (Phi) is 9.17. The van der Waals surface area contributed by atoms with Crippen LogP contribution in [0.3, 0.4) is 0 Å². The van der Waals surface area contributed by atoms with Crippen molar-refractivity contribution >= 4 is 0 Å². The summed E-state index contributed by atoms with van der Waals surface area (Å²) in [5, 5.41) is 8.91. The minimum absolute atomic E-state index is 0. The van der Waals surface area contributed by atoms with Gasteiger partial charge in [-0.1, -0.05) is 24.3 Å². The van der Waals surface area contributed by atoms with Crippen molar-refractivity contribution in [2.24, 2.45) is 0 Å². The molecule has 0 aliphatic rings. The number of hydrogen-bond acceptors (Lipinski definition) is 3. The molecule has 0 saturated carbocycles. The molecule has 0 saturated heterocycles. The summed E-state index contributed by atoms with van der Waals surface area (Å²) in [6.07, 6.45) is -5.78. The van der Waals surface area contributed by atoms with Crippen LogP contribution in [0, 0.1) is 6.92 Å². The van der Waals surface area contributed by atoms with Crippen LogP contribution in [0.15, 0.2) is 48.5 Å². The van der Waals surface area contributed by atoms with Crippen LogP contribution in [0.5, 0.6) is 11.5 Å². The van der Waals surface area contributed by atoms with E-state index < -0.39 is 18.9 Å². The van der Waals surface area contributed by atoms with E-state index in [2.05, 4.69) is 6.92 Å². The predicted molar refractivity (Wildman–Crippen MR) is 88.7 cm³/mol. The maximum absolute atomic E-state index is 12.2. The zero-order valence-corrected chi connectivity index (χ0v) is 17.0. The van der Waals surface area contributed by atoms with Gasteiger partial charge in [0.15, 0.2) is 6.10 Å². The fraction of sp³-hybridized carbons (Fsp3) is 0.316. The van der Waals surface area contributed by atoms with Crippen LogP contribution in [-0.4, -0.2) is 30.6 Å². The van der Waals surface area contributed by atoms with E-state index in [0.717, 1.165) is 16.9 Å². The molecule has 2 rings (SSSR count). The molecule has 0 aliphatic heterocycles. The third-order valence-corrected chi connectivity index (χ3v) is 3.45. The van der Waals surface area contributed by atoms with Gasteiger partial charge in [-0.15, -0.1) is 6.42 Å². The quantitative estimate of drug-likeness (QED) is 0.514. The number of rotatable bonds is 8. The standard InChI is InChI=1S/C19H20F3O3.W/c1-2-11-24-16-7-3-14(4-8-16)12-15-5-9-17(10-6-15)25-13-18(23)19(20,21)22;/h3-10,18,23H,1-2,11-13H2;/q-1;. The van der Waals surface area contributed by atoms with Crippen LogP contribution in [0.4, 0.5) is 13.2 Å². The number of ether oxygens (including phenoxy) is 2. The fourth-order valence-electron chi connectivity index (χ4n) is 2.10. The Hall–Kier alpha value is -1.52. The molecular formula is C19H20F3O3W-. The molecule has 0 radical (unpaired) electrons. The minimum atomic E-state index is -4.68. The van der Waals surface area contributed by atoms with Crippen molar-refractivity contribution in [1.82, 2.24) is 0 Å². The van der Waals surface area contributed by atoms with E-state index in [1.165, 1.54) is 0 Å². The average Bonchev–Trinajstić information content (AvgIpc) is 2.59. The van der Waals surface area contributed by atoms with Crippen LogP contribution in [0.1, 0.15) is 17.5 Å². The van der Waals surface area contributed by atoms with Crippen LogP contribution < -0.4 is 9.47 Å². The molecule has 2 aromatic rings. The second-order valence-corrected chi connectivity index (χ2v) is 5.54. The summed E-state index contributed by atoms with van der Waals surface area (Å²) in [5.74, 6) is 1.07. The molecule has 142 valence electrons. The Balaban J connectivity index is 0.00000338. The van der Waals surface area contributed by atoms with Gasteiger partial charge in [0.1, 0.15) is 18.1 Å². The van der Waals surface area contributed by atoms with E-state index in [1.54, 1.807) is 24.3 Å².